The van der Waals surface area contributed by atoms with Gasteiger partial charge in [0.25, 0.3) is 0 Å². The predicted octanol–water partition coefficient (Wildman–Crippen LogP) is 5.76. The minimum absolute atomic E-state index is 0.111. The number of hydrogen-bond donors (Lipinski definition) is 2. The lowest BCUT2D eigenvalue weighted by molar-refractivity contribution is -0.136. The largest absolute Gasteiger partial charge is 0.422 e. The van der Waals surface area contributed by atoms with Gasteiger partial charge in [-0.05, 0) is 48.0 Å². The molecule has 36 heavy (non-hydrogen) atoms. The van der Waals surface area contributed by atoms with Gasteiger partial charge in [0.05, 0.1) is 27.5 Å². The molecule has 4 aromatic rings. The molecule has 4 rings (SSSR count). The number of halogens is 2. The topological polar surface area (TPSA) is 96.9 Å². The van der Waals surface area contributed by atoms with Gasteiger partial charge in [-0.25, -0.2) is 10.2 Å². The molecule has 0 aliphatic carbocycles. The molecular formula is C27H19Cl2N3O4. The lowest BCUT2D eigenvalue weighted by Crippen LogP contribution is -2.32. The molecule has 7 nitrogen and oxygen atoms in total. The smallest absolute Gasteiger partial charge is 0.343 e. The van der Waals surface area contributed by atoms with Crippen molar-refractivity contribution in [3.05, 3.63) is 106 Å². The van der Waals surface area contributed by atoms with Crippen LogP contribution in [0.25, 0.3) is 10.8 Å². The van der Waals surface area contributed by atoms with Gasteiger partial charge in [-0.1, -0.05) is 77.3 Å². The van der Waals surface area contributed by atoms with Gasteiger partial charge < -0.3 is 10.1 Å². The zero-order valence-corrected chi connectivity index (χ0v) is 20.4. The van der Waals surface area contributed by atoms with Gasteiger partial charge >= 0.3 is 17.8 Å². The number of fused-ring (bicyclic) bond motifs is 1. The molecule has 0 saturated heterocycles. The SMILES string of the molecule is Cc1cccc(C(=O)Oc2ccc3ccccc3c2/C=N/NC(=O)C(=O)Nc2cccc(Cl)c2Cl)c1. The Labute approximate surface area is 216 Å². The van der Waals surface area contributed by atoms with E-state index in [1.54, 1.807) is 36.4 Å². The summed E-state index contributed by atoms with van der Waals surface area (Å²) in [6, 6.07) is 22.6. The number of hydrogen-bond acceptors (Lipinski definition) is 5. The highest BCUT2D eigenvalue weighted by atomic mass is 35.5. The van der Waals surface area contributed by atoms with E-state index in [2.05, 4.69) is 15.8 Å². The fourth-order valence-corrected chi connectivity index (χ4v) is 3.76. The molecule has 2 amide bonds. The van der Waals surface area contributed by atoms with Crippen LogP contribution in [0, 0.1) is 6.92 Å². The minimum atomic E-state index is -1.03. The van der Waals surface area contributed by atoms with Crippen LogP contribution in [-0.2, 0) is 9.59 Å². The number of nitrogens with one attached hydrogen (secondary N) is 2. The second-order valence-corrected chi connectivity index (χ2v) is 8.50. The monoisotopic (exact) mass is 519 g/mol. The van der Waals surface area contributed by atoms with Gasteiger partial charge in [-0.3, -0.25) is 9.59 Å². The van der Waals surface area contributed by atoms with Crippen LogP contribution in [0.3, 0.4) is 0 Å². The van der Waals surface area contributed by atoms with Gasteiger partial charge in [0, 0.05) is 5.56 Å². The van der Waals surface area contributed by atoms with E-state index >= 15 is 0 Å². The van der Waals surface area contributed by atoms with Crippen molar-refractivity contribution in [1.29, 1.82) is 0 Å². The van der Waals surface area contributed by atoms with E-state index in [-0.39, 0.29) is 21.5 Å². The molecule has 0 unspecified atom stereocenters. The first-order valence-corrected chi connectivity index (χ1v) is 11.5. The van der Waals surface area contributed by atoms with Crippen molar-refractivity contribution in [3.8, 4) is 5.75 Å². The van der Waals surface area contributed by atoms with E-state index < -0.39 is 17.8 Å². The Balaban J connectivity index is 1.55. The van der Waals surface area contributed by atoms with E-state index in [0.29, 0.717) is 11.1 Å². The molecule has 2 N–H and O–H groups in total. The van der Waals surface area contributed by atoms with Crippen molar-refractivity contribution in [2.24, 2.45) is 5.10 Å². The summed E-state index contributed by atoms with van der Waals surface area (Å²) in [4.78, 5) is 37.3. The maximum Gasteiger partial charge on any atom is 0.343 e. The van der Waals surface area contributed by atoms with Crippen LogP contribution in [0.1, 0.15) is 21.5 Å². The lowest BCUT2D eigenvalue weighted by Gasteiger charge is -2.11. The van der Waals surface area contributed by atoms with Gasteiger partial charge in [-0.2, -0.15) is 5.10 Å². The van der Waals surface area contributed by atoms with Crippen LogP contribution >= 0.6 is 23.2 Å². The number of rotatable bonds is 5. The second kappa shape index (κ2) is 11.0. The molecular weight excluding hydrogens is 501 g/mol. The molecule has 9 heteroatoms. The Morgan fingerprint density at radius 3 is 2.47 bits per heavy atom. The molecule has 0 atom stereocenters. The molecule has 0 aliphatic heterocycles. The summed E-state index contributed by atoms with van der Waals surface area (Å²) < 4.78 is 5.65. The molecule has 0 aliphatic rings. The molecule has 0 aromatic heterocycles. The number of esters is 1. The van der Waals surface area contributed by atoms with Crippen molar-refractivity contribution in [3.63, 3.8) is 0 Å². The van der Waals surface area contributed by atoms with E-state index in [1.807, 2.05) is 43.3 Å². The second-order valence-electron chi connectivity index (χ2n) is 7.71. The third kappa shape index (κ3) is 5.71. The maximum absolute atomic E-state index is 12.7. The fourth-order valence-electron chi connectivity index (χ4n) is 3.41. The number of hydrazone groups is 1. The Morgan fingerprint density at radius 2 is 1.67 bits per heavy atom. The van der Waals surface area contributed by atoms with Crippen LogP contribution < -0.4 is 15.5 Å². The van der Waals surface area contributed by atoms with Crippen molar-refractivity contribution in [2.75, 3.05) is 5.32 Å². The molecule has 180 valence electrons. The highest BCUT2D eigenvalue weighted by Crippen LogP contribution is 2.30. The molecule has 0 bridgehead atoms. The third-order valence-electron chi connectivity index (χ3n) is 5.15. The summed E-state index contributed by atoms with van der Waals surface area (Å²) in [6.07, 6.45) is 1.32. The summed E-state index contributed by atoms with van der Waals surface area (Å²) in [5.74, 6) is -2.31. The number of amides is 2. The Hall–Kier alpha value is -4.20. The molecule has 0 fully saturated rings. The van der Waals surface area contributed by atoms with Crippen LogP contribution in [-0.4, -0.2) is 24.0 Å². The van der Waals surface area contributed by atoms with Gasteiger partial charge in [0.1, 0.15) is 5.75 Å². The van der Waals surface area contributed by atoms with Crippen LogP contribution in [0.5, 0.6) is 5.75 Å². The lowest BCUT2D eigenvalue weighted by atomic mass is 10.0. The standard InChI is InChI=1S/C27H19Cl2N3O4/c1-16-6-4-8-18(14-16)27(35)36-23-13-12-17-7-2-3-9-19(17)20(23)15-30-32-26(34)25(33)31-22-11-5-10-21(28)24(22)29/h2-15H,1H3,(H,31,33)(H,32,34)/b30-15+. The average molecular weight is 520 g/mol. The van der Waals surface area contributed by atoms with Gasteiger partial charge in [-0.15, -0.1) is 0 Å². The van der Waals surface area contributed by atoms with Crippen molar-refractivity contribution in [2.45, 2.75) is 6.92 Å². The number of ether oxygens (including phenoxy) is 1. The van der Waals surface area contributed by atoms with Gasteiger partial charge in [0.15, 0.2) is 0 Å². The first kappa shape index (κ1) is 24.9. The Morgan fingerprint density at radius 1 is 0.889 bits per heavy atom. The van der Waals surface area contributed by atoms with E-state index in [4.69, 9.17) is 27.9 Å². The molecule has 4 aromatic carbocycles. The zero-order chi connectivity index (χ0) is 25.7. The number of nitrogens with zero attached hydrogens (tertiary/aromatic N) is 1. The molecule has 0 radical (unpaired) electrons. The summed E-state index contributed by atoms with van der Waals surface area (Å²) >= 11 is 12.0. The number of benzene rings is 4. The summed E-state index contributed by atoms with van der Waals surface area (Å²) in [5.41, 5.74) is 4.13. The zero-order valence-electron chi connectivity index (χ0n) is 18.9. The van der Waals surface area contributed by atoms with Crippen molar-refractivity contribution in [1.82, 2.24) is 5.43 Å². The molecule has 0 heterocycles. The van der Waals surface area contributed by atoms with Crippen LogP contribution in [0.4, 0.5) is 5.69 Å². The molecule has 0 saturated carbocycles. The fraction of sp³-hybridized carbons (Fsp3) is 0.0370. The quantitative estimate of drug-likeness (QED) is 0.115. The Bertz CT molecular complexity index is 1520. The number of carbonyl (C=O) groups excluding carboxylic acids is 3. The first-order valence-electron chi connectivity index (χ1n) is 10.7. The van der Waals surface area contributed by atoms with Crippen molar-refractivity contribution < 1.29 is 19.1 Å². The normalized spacial score (nSPS) is 10.9. The third-order valence-corrected chi connectivity index (χ3v) is 5.97. The highest BCUT2D eigenvalue weighted by Gasteiger charge is 2.17. The van der Waals surface area contributed by atoms with E-state index in [0.717, 1.165) is 16.3 Å². The molecule has 0 spiro atoms. The maximum atomic E-state index is 12.7. The van der Waals surface area contributed by atoms with Gasteiger partial charge in [0.2, 0.25) is 0 Å². The number of carbonyl (C=O) groups is 3. The van der Waals surface area contributed by atoms with Crippen LogP contribution in [0.15, 0.2) is 84.0 Å². The van der Waals surface area contributed by atoms with Crippen LogP contribution in [0.2, 0.25) is 10.0 Å². The highest BCUT2D eigenvalue weighted by molar-refractivity contribution is 6.45. The number of aryl methyl sites for hydroxylation is 1. The first-order chi connectivity index (χ1) is 17.3. The predicted molar refractivity (Wildman–Crippen MR) is 141 cm³/mol. The minimum Gasteiger partial charge on any atom is -0.422 e. The number of anilines is 1. The van der Waals surface area contributed by atoms with E-state index in [9.17, 15) is 14.4 Å². The summed E-state index contributed by atoms with van der Waals surface area (Å²) in [6.45, 7) is 1.88. The summed E-state index contributed by atoms with van der Waals surface area (Å²) in [5, 5.41) is 8.24. The summed E-state index contributed by atoms with van der Waals surface area (Å²) in [7, 11) is 0. The average Bonchev–Trinajstić information content (AvgIpc) is 2.87. The van der Waals surface area contributed by atoms with E-state index in [1.165, 1.54) is 12.3 Å². The van der Waals surface area contributed by atoms with Crippen molar-refractivity contribution >= 4 is 63.7 Å². The Kier molecular flexibility index (Phi) is 7.63.